The van der Waals surface area contributed by atoms with Crippen molar-refractivity contribution in [3.63, 3.8) is 0 Å². The summed E-state index contributed by atoms with van der Waals surface area (Å²) < 4.78 is 5.67. The Morgan fingerprint density at radius 2 is 1.80 bits per heavy atom. The van der Waals surface area contributed by atoms with Crippen molar-refractivity contribution in [3.8, 4) is 17.6 Å². The molecule has 20 heavy (non-hydrogen) atoms. The van der Waals surface area contributed by atoms with E-state index in [4.69, 9.17) is 4.74 Å². The van der Waals surface area contributed by atoms with Crippen molar-refractivity contribution in [2.45, 2.75) is 6.61 Å². The predicted molar refractivity (Wildman–Crippen MR) is 78.2 cm³/mol. The van der Waals surface area contributed by atoms with E-state index in [2.05, 4.69) is 17.2 Å². The smallest absolute Gasteiger partial charge is 0.295 e. The van der Waals surface area contributed by atoms with Crippen LogP contribution in [0.1, 0.15) is 11.1 Å². The lowest BCUT2D eigenvalue weighted by molar-refractivity contribution is -0.115. The van der Waals surface area contributed by atoms with Crippen LogP contribution in [-0.4, -0.2) is 13.0 Å². The van der Waals surface area contributed by atoms with E-state index in [1.807, 2.05) is 54.6 Å². The maximum absolute atomic E-state index is 11.0. The number of rotatable bonds is 3. The minimum Gasteiger partial charge on any atom is -0.489 e. The van der Waals surface area contributed by atoms with E-state index in [1.165, 1.54) is 0 Å². The Hall–Kier alpha value is -2.73. The van der Waals surface area contributed by atoms with Gasteiger partial charge < -0.3 is 10.1 Å². The lowest BCUT2D eigenvalue weighted by atomic mass is 10.2. The van der Waals surface area contributed by atoms with Gasteiger partial charge in [-0.25, -0.2) is 0 Å². The summed E-state index contributed by atoms with van der Waals surface area (Å²) in [5.41, 5.74) is 1.90. The largest absolute Gasteiger partial charge is 0.489 e. The molecule has 1 amide bonds. The van der Waals surface area contributed by atoms with Crippen molar-refractivity contribution in [1.29, 1.82) is 0 Å². The van der Waals surface area contributed by atoms with Crippen molar-refractivity contribution < 1.29 is 9.53 Å². The van der Waals surface area contributed by atoms with E-state index in [-0.39, 0.29) is 5.91 Å². The zero-order valence-electron chi connectivity index (χ0n) is 11.2. The number of hydrogen-bond donors (Lipinski definition) is 1. The first kappa shape index (κ1) is 13.7. The summed E-state index contributed by atoms with van der Waals surface area (Å²) in [6.45, 7) is 0.532. The van der Waals surface area contributed by atoms with E-state index < -0.39 is 0 Å². The molecular formula is C17H15NO2. The highest BCUT2D eigenvalue weighted by atomic mass is 16.5. The molecule has 1 N–H and O–H groups in total. The van der Waals surface area contributed by atoms with Gasteiger partial charge in [-0.3, -0.25) is 4.79 Å². The summed E-state index contributed by atoms with van der Waals surface area (Å²) in [6, 6.07) is 17.3. The standard InChI is InChI=1S/C17H15NO2/c1-18-17(19)12-9-14-7-10-16(11-8-14)20-13-15-5-3-2-4-6-15/h2-8,10-11H,13H2,1H3,(H,18,19). The summed E-state index contributed by atoms with van der Waals surface area (Å²) >= 11 is 0. The first-order valence-corrected chi connectivity index (χ1v) is 6.28. The van der Waals surface area contributed by atoms with E-state index in [9.17, 15) is 4.79 Å². The lowest BCUT2D eigenvalue weighted by Gasteiger charge is -2.05. The number of carbonyl (C=O) groups excluding carboxylic acids is 1. The molecule has 0 atom stereocenters. The summed E-state index contributed by atoms with van der Waals surface area (Å²) in [6.07, 6.45) is 0. The third kappa shape index (κ3) is 4.18. The number of amides is 1. The number of carbonyl (C=O) groups is 1. The van der Waals surface area contributed by atoms with Crippen LogP contribution in [0.25, 0.3) is 0 Å². The van der Waals surface area contributed by atoms with Gasteiger partial charge in [-0.05, 0) is 29.8 Å². The van der Waals surface area contributed by atoms with Crippen molar-refractivity contribution in [3.05, 3.63) is 65.7 Å². The van der Waals surface area contributed by atoms with Crippen LogP contribution in [0.2, 0.25) is 0 Å². The Morgan fingerprint density at radius 3 is 2.45 bits per heavy atom. The molecule has 0 bridgehead atoms. The zero-order valence-corrected chi connectivity index (χ0v) is 11.2. The normalized spacial score (nSPS) is 9.25. The van der Waals surface area contributed by atoms with Crippen LogP contribution < -0.4 is 10.1 Å². The minimum atomic E-state index is -0.297. The van der Waals surface area contributed by atoms with Crippen molar-refractivity contribution in [2.75, 3.05) is 7.05 Å². The Balaban J connectivity index is 1.94. The molecule has 0 aromatic heterocycles. The fourth-order valence-corrected chi connectivity index (χ4v) is 1.57. The number of ether oxygens (including phenoxy) is 1. The van der Waals surface area contributed by atoms with Crippen LogP contribution in [0.5, 0.6) is 5.75 Å². The van der Waals surface area contributed by atoms with Crippen molar-refractivity contribution >= 4 is 5.91 Å². The summed E-state index contributed by atoms with van der Waals surface area (Å²) in [4.78, 5) is 11.0. The second-order valence-corrected chi connectivity index (χ2v) is 4.13. The first-order chi connectivity index (χ1) is 9.78. The van der Waals surface area contributed by atoms with Gasteiger partial charge in [0.15, 0.2) is 0 Å². The Bertz CT molecular complexity index is 622. The van der Waals surface area contributed by atoms with Gasteiger partial charge in [0.1, 0.15) is 12.4 Å². The van der Waals surface area contributed by atoms with Gasteiger partial charge in [-0.15, -0.1) is 0 Å². The maximum atomic E-state index is 11.0. The fraction of sp³-hybridized carbons (Fsp3) is 0.118. The first-order valence-electron chi connectivity index (χ1n) is 6.28. The van der Waals surface area contributed by atoms with Crippen LogP contribution in [0.3, 0.4) is 0 Å². The van der Waals surface area contributed by atoms with Gasteiger partial charge in [0.2, 0.25) is 0 Å². The van der Waals surface area contributed by atoms with Gasteiger partial charge in [0.25, 0.3) is 5.91 Å². The van der Waals surface area contributed by atoms with Gasteiger partial charge in [0, 0.05) is 18.5 Å². The molecule has 0 aliphatic rings. The molecule has 0 fully saturated rings. The van der Waals surface area contributed by atoms with Crippen LogP contribution in [-0.2, 0) is 11.4 Å². The molecule has 0 unspecified atom stereocenters. The van der Waals surface area contributed by atoms with Gasteiger partial charge in [-0.1, -0.05) is 36.3 Å². The molecule has 0 aliphatic carbocycles. The quantitative estimate of drug-likeness (QED) is 0.865. The summed E-state index contributed by atoms with van der Waals surface area (Å²) in [5, 5.41) is 2.45. The molecular weight excluding hydrogens is 250 g/mol. The molecule has 0 saturated carbocycles. The van der Waals surface area contributed by atoms with E-state index in [0.717, 1.165) is 16.9 Å². The van der Waals surface area contributed by atoms with Gasteiger partial charge in [-0.2, -0.15) is 0 Å². The Morgan fingerprint density at radius 1 is 1.10 bits per heavy atom. The molecule has 0 radical (unpaired) electrons. The Labute approximate surface area is 118 Å². The third-order valence-corrected chi connectivity index (χ3v) is 2.65. The highest BCUT2D eigenvalue weighted by molar-refractivity contribution is 5.93. The zero-order chi connectivity index (χ0) is 14.2. The monoisotopic (exact) mass is 265 g/mol. The molecule has 2 rings (SSSR count). The highest BCUT2D eigenvalue weighted by Gasteiger charge is 1.96. The molecule has 100 valence electrons. The third-order valence-electron chi connectivity index (χ3n) is 2.65. The molecule has 3 nitrogen and oxygen atoms in total. The van der Waals surface area contributed by atoms with Gasteiger partial charge >= 0.3 is 0 Å². The average molecular weight is 265 g/mol. The molecule has 3 heteroatoms. The number of benzene rings is 2. The molecule has 0 heterocycles. The van der Waals surface area contributed by atoms with Crippen LogP contribution >= 0.6 is 0 Å². The average Bonchev–Trinajstić information content (AvgIpc) is 2.52. The molecule has 2 aromatic rings. The topological polar surface area (TPSA) is 38.3 Å². The minimum absolute atomic E-state index is 0.297. The second-order valence-electron chi connectivity index (χ2n) is 4.13. The van der Waals surface area contributed by atoms with Crippen LogP contribution in [0, 0.1) is 11.8 Å². The lowest BCUT2D eigenvalue weighted by Crippen LogP contribution is -2.14. The molecule has 0 aliphatic heterocycles. The van der Waals surface area contributed by atoms with Crippen molar-refractivity contribution in [2.24, 2.45) is 0 Å². The SMILES string of the molecule is CNC(=O)C#Cc1ccc(OCc2ccccc2)cc1. The van der Waals surface area contributed by atoms with Crippen LogP contribution in [0.15, 0.2) is 54.6 Å². The molecule has 0 saturated heterocycles. The number of nitrogens with one attached hydrogen (secondary N) is 1. The van der Waals surface area contributed by atoms with E-state index in [1.54, 1.807) is 7.05 Å². The summed E-state index contributed by atoms with van der Waals surface area (Å²) in [7, 11) is 1.55. The van der Waals surface area contributed by atoms with E-state index >= 15 is 0 Å². The van der Waals surface area contributed by atoms with Gasteiger partial charge in [0.05, 0.1) is 0 Å². The number of hydrogen-bond acceptors (Lipinski definition) is 2. The van der Waals surface area contributed by atoms with Crippen molar-refractivity contribution in [1.82, 2.24) is 5.32 Å². The van der Waals surface area contributed by atoms with Crippen LogP contribution in [0.4, 0.5) is 0 Å². The molecule has 0 spiro atoms. The predicted octanol–water partition coefficient (Wildman–Crippen LogP) is 2.36. The summed E-state index contributed by atoms with van der Waals surface area (Å²) in [5.74, 6) is 5.74. The van der Waals surface area contributed by atoms with E-state index in [0.29, 0.717) is 6.61 Å². The second kappa shape index (κ2) is 7.01. The molecule has 2 aromatic carbocycles. The fourth-order valence-electron chi connectivity index (χ4n) is 1.57. The highest BCUT2D eigenvalue weighted by Crippen LogP contribution is 2.13. The maximum Gasteiger partial charge on any atom is 0.295 e. The Kier molecular flexibility index (Phi) is 4.80.